The molecule has 0 aliphatic heterocycles. The number of anilines is 1. The first-order valence-corrected chi connectivity index (χ1v) is 7.04. The Hall–Kier alpha value is -3.08. The molecule has 2 N–H and O–H groups in total. The van der Waals surface area contributed by atoms with E-state index in [4.69, 9.17) is 9.84 Å². The Labute approximate surface area is 134 Å². The Morgan fingerprint density at radius 3 is 2.52 bits per heavy atom. The van der Waals surface area contributed by atoms with Gasteiger partial charge in [0.2, 0.25) is 0 Å². The fraction of sp³-hybridized carbons (Fsp3) is 0.111. The summed E-state index contributed by atoms with van der Waals surface area (Å²) in [5.41, 5.74) is 2.40. The number of ether oxygens (including phenoxy) is 1. The van der Waals surface area contributed by atoms with Crippen LogP contribution < -0.4 is 10.1 Å². The number of carboxylic acid groups (broad SMARTS) is 1. The Kier molecular flexibility index (Phi) is 5.52. The van der Waals surface area contributed by atoms with E-state index in [1.807, 2.05) is 31.2 Å². The van der Waals surface area contributed by atoms with E-state index in [0.29, 0.717) is 17.0 Å². The predicted octanol–water partition coefficient (Wildman–Crippen LogP) is 3.11. The minimum absolute atomic E-state index is 0.161. The molecule has 0 fully saturated rings. The van der Waals surface area contributed by atoms with Gasteiger partial charge in [-0.15, -0.1) is 0 Å². The molecule has 0 aliphatic rings. The van der Waals surface area contributed by atoms with Crippen LogP contribution in [0.1, 0.15) is 11.1 Å². The minimum atomic E-state index is -1.04. The van der Waals surface area contributed by atoms with Crippen LogP contribution in [0.15, 0.2) is 54.6 Å². The first kappa shape index (κ1) is 16.3. The molecule has 23 heavy (non-hydrogen) atoms. The number of aliphatic carboxylic acids is 1. The van der Waals surface area contributed by atoms with Gasteiger partial charge in [0.05, 0.1) is 0 Å². The summed E-state index contributed by atoms with van der Waals surface area (Å²) in [5, 5.41) is 11.4. The van der Waals surface area contributed by atoms with E-state index in [1.54, 1.807) is 24.3 Å². The smallest absolute Gasteiger partial charge is 0.328 e. The molecule has 0 heterocycles. The fourth-order valence-electron chi connectivity index (χ4n) is 1.89. The van der Waals surface area contributed by atoms with Crippen molar-refractivity contribution >= 4 is 23.6 Å². The maximum Gasteiger partial charge on any atom is 0.328 e. The zero-order valence-corrected chi connectivity index (χ0v) is 12.7. The molecule has 0 radical (unpaired) electrons. The second kappa shape index (κ2) is 7.79. The molecule has 118 valence electrons. The van der Waals surface area contributed by atoms with Crippen molar-refractivity contribution in [2.45, 2.75) is 6.92 Å². The van der Waals surface area contributed by atoms with Gasteiger partial charge in [0.25, 0.3) is 5.91 Å². The third kappa shape index (κ3) is 5.32. The minimum Gasteiger partial charge on any atom is -0.483 e. The molecule has 2 aromatic carbocycles. The number of hydrogen-bond donors (Lipinski definition) is 2. The van der Waals surface area contributed by atoms with Gasteiger partial charge in [0.15, 0.2) is 6.61 Å². The molecule has 0 atom stereocenters. The molecule has 5 nitrogen and oxygen atoms in total. The summed E-state index contributed by atoms with van der Waals surface area (Å²) in [7, 11) is 0. The van der Waals surface area contributed by atoms with Crippen molar-refractivity contribution in [2.24, 2.45) is 0 Å². The lowest BCUT2D eigenvalue weighted by molar-refractivity contribution is -0.131. The van der Waals surface area contributed by atoms with Gasteiger partial charge in [0.1, 0.15) is 5.75 Å². The Morgan fingerprint density at radius 1 is 1.13 bits per heavy atom. The number of carbonyl (C=O) groups excluding carboxylic acids is 1. The highest BCUT2D eigenvalue weighted by Crippen LogP contribution is 2.19. The van der Waals surface area contributed by atoms with E-state index in [-0.39, 0.29) is 12.5 Å². The van der Waals surface area contributed by atoms with Gasteiger partial charge >= 0.3 is 5.97 Å². The maximum absolute atomic E-state index is 11.9. The monoisotopic (exact) mass is 311 g/mol. The molecular formula is C18H17NO4. The lowest BCUT2D eigenvalue weighted by Gasteiger charge is -2.09. The van der Waals surface area contributed by atoms with Crippen LogP contribution in [0.5, 0.6) is 5.75 Å². The Morgan fingerprint density at radius 2 is 1.83 bits per heavy atom. The van der Waals surface area contributed by atoms with Crippen molar-refractivity contribution in [3.63, 3.8) is 0 Å². The van der Waals surface area contributed by atoms with E-state index in [2.05, 4.69) is 5.32 Å². The Balaban J connectivity index is 1.96. The average Bonchev–Trinajstić information content (AvgIpc) is 2.54. The predicted molar refractivity (Wildman–Crippen MR) is 88.4 cm³/mol. The molecule has 0 aromatic heterocycles. The first-order chi connectivity index (χ1) is 11.0. The van der Waals surface area contributed by atoms with Crippen molar-refractivity contribution < 1.29 is 19.4 Å². The standard InChI is InChI=1S/C18H17NO4/c1-13-6-9-15(10-7-13)19-17(20)12-23-16-5-3-2-4-14(16)8-11-18(21)22/h2-11H,12H2,1H3,(H,19,20)(H,21,22). The van der Waals surface area contributed by atoms with Crippen LogP contribution >= 0.6 is 0 Å². The van der Waals surface area contributed by atoms with Gasteiger partial charge < -0.3 is 15.2 Å². The van der Waals surface area contributed by atoms with Crippen LogP contribution in [0, 0.1) is 6.92 Å². The third-order valence-corrected chi connectivity index (χ3v) is 3.02. The van der Waals surface area contributed by atoms with Gasteiger partial charge in [-0.2, -0.15) is 0 Å². The Bertz CT molecular complexity index is 720. The molecule has 0 saturated carbocycles. The van der Waals surface area contributed by atoms with Gasteiger partial charge in [-0.3, -0.25) is 4.79 Å². The lowest BCUT2D eigenvalue weighted by atomic mass is 10.2. The highest BCUT2D eigenvalue weighted by atomic mass is 16.5. The SMILES string of the molecule is Cc1ccc(NC(=O)COc2ccccc2C=CC(=O)O)cc1. The second-order valence-corrected chi connectivity index (χ2v) is 4.91. The van der Waals surface area contributed by atoms with Crippen LogP contribution in [0.3, 0.4) is 0 Å². The van der Waals surface area contributed by atoms with Crippen LogP contribution in [0.4, 0.5) is 5.69 Å². The van der Waals surface area contributed by atoms with Crippen LogP contribution in [0.2, 0.25) is 0 Å². The molecule has 0 saturated heterocycles. The van der Waals surface area contributed by atoms with Gasteiger partial charge in [-0.05, 0) is 31.2 Å². The molecule has 0 aliphatic carbocycles. The summed E-state index contributed by atoms with van der Waals surface area (Å²) in [6.07, 6.45) is 2.45. The van der Waals surface area contributed by atoms with Crippen molar-refractivity contribution in [3.05, 3.63) is 65.7 Å². The molecule has 0 unspecified atom stereocenters. The topological polar surface area (TPSA) is 75.6 Å². The highest BCUT2D eigenvalue weighted by molar-refractivity contribution is 5.92. The number of carboxylic acids is 1. The summed E-state index contributed by atoms with van der Waals surface area (Å²) in [5.74, 6) is -0.883. The van der Waals surface area contributed by atoms with E-state index < -0.39 is 5.97 Å². The first-order valence-electron chi connectivity index (χ1n) is 7.04. The molecule has 2 aromatic rings. The number of aryl methyl sites for hydroxylation is 1. The van der Waals surface area contributed by atoms with Gasteiger partial charge in [0, 0.05) is 17.3 Å². The summed E-state index contributed by atoms with van der Waals surface area (Å²) < 4.78 is 5.47. The van der Waals surface area contributed by atoms with E-state index in [1.165, 1.54) is 6.08 Å². The summed E-state index contributed by atoms with van der Waals surface area (Å²) >= 11 is 0. The molecular weight excluding hydrogens is 294 g/mol. The number of amides is 1. The zero-order chi connectivity index (χ0) is 16.7. The van der Waals surface area contributed by atoms with Crippen molar-refractivity contribution in [1.29, 1.82) is 0 Å². The number of nitrogens with one attached hydrogen (secondary N) is 1. The van der Waals surface area contributed by atoms with E-state index in [9.17, 15) is 9.59 Å². The number of carbonyl (C=O) groups is 2. The molecule has 2 rings (SSSR count). The van der Waals surface area contributed by atoms with Crippen LogP contribution in [-0.2, 0) is 9.59 Å². The van der Waals surface area contributed by atoms with Crippen molar-refractivity contribution in [2.75, 3.05) is 11.9 Å². The van der Waals surface area contributed by atoms with Crippen LogP contribution in [0.25, 0.3) is 6.08 Å². The lowest BCUT2D eigenvalue weighted by Crippen LogP contribution is -2.20. The fourth-order valence-corrected chi connectivity index (χ4v) is 1.89. The quantitative estimate of drug-likeness (QED) is 0.804. The number of hydrogen-bond acceptors (Lipinski definition) is 3. The highest BCUT2D eigenvalue weighted by Gasteiger charge is 2.06. The zero-order valence-electron chi connectivity index (χ0n) is 12.7. The molecule has 0 bridgehead atoms. The second-order valence-electron chi connectivity index (χ2n) is 4.91. The van der Waals surface area contributed by atoms with Gasteiger partial charge in [-0.1, -0.05) is 35.9 Å². The van der Waals surface area contributed by atoms with Gasteiger partial charge in [-0.25, -0.2) is 4.79 Å². The van der Waals surface area contributed by atoms with Crippen molar-refractivity contribution in [1.82, 2.24) is 0 Å². The summed E-state index contributed by atoms with van der Waals surface area (Å²) in [4.78, 5) is 22.5. The normalized spacial score (nSPS) is 10.5. The maximum atomic E-state index is 11.9. The molecule has 0 spiro atoms. The summed E-state index contributed by atoms with van der Waals surface area (Å²) in [6, 6.07) is 14.4. The molecule has 5 heteroatoms. The van der Waals surface area contributed by atoms with E-state index in [0.717, 1.165) is 11.6 Å². The third-order valence-electron chi connectivity index (χ3n) is 3.02. The largest absolute Gasteiger partial charge is 0.483 e. The summed E-state index contributed by atoms with van der Waals surface area (Å²) in [6.45, 7) is 1.81. The van der Waals surface area contributed by atoms with Crippen LogP contribution in [-0.4, -0.2) is 23.6 Å². The number of para-hydroxylation sites is 1. The number of rotatable bonds is 6. The number of benzene rings is 2. The molecule has 1 amide bonds. The average molecular weight is 311 g/mol. The van der Waals surface area contributed by atoms with Crippen molar-refractivity contribution in [3.8, 4) is 5.75 Å². The van der Waals surface area contributed by atoms with E-state index >= 15 is 0 Å².